The van der Waals surface area contributed by atoms with Crippen LogP contribution in [0.4, 0.5) is 0 Å². The number of ketones is 2. The zero-order valence-electron chi connectivity index (χ0n) is 12.7. The Morgan fingerprint density at radius 1 is 1.36 bits per heavy atom. The van der Waals surface area contributed by atoms with Gasteiger partial charge < -0.3 is 9.57 Å². The number of rotatable bonds is 4. The van der Waals surface area contributed by atoms with Crippen molar-refractivity contribution < 1.29 is 19.2 Å². The molecule has 1 aromatic carbocycles. The van der Waals surface area contributed by atoms with Gasteiger partial charge in [-0.2, -0.15) is 5.90 Å². The number of hydrogen-bond donors (Lipinski definition) is 1. The Labute approximate surface area is 129 Å². The summed E-state index contributed by atoms with van der Waals surface area (Å²) in [5, 5.41) is 0. The van der Waals surface area contributed by atoms with Crippen LogP contribution in [-0.2, 0) is 14.3 Å². The molecule has 3 rings (SSSR count). The van der Waals surface area contributed by atoms with Gasteiger partial charge in [0.25, 0.3) is 0 Å². The van der Waals surface area contributed by atoms with E-state index in [-0.39, 0.29) is 17.5 Å². The van der Waals surface area contributed by atoms with Gasteiger partial charge in [-0.15, -0.1) is 0 Å². The molecule has 1 aromatic rings. The van der Waals surface area contributed by atoms with Gasteiger partial charge in [-0.25, -0.2) is 0 Å². The topological polar surface area (TPSA) is 78.6 Å². The molecule has 3 unspecified atom stereocenters. The van der Waals surface area contributed by atoms with Crippen LogP contribution in [0.2, 0.25) is 0 Å². The van der Waals surface area contributed by atoms with Gasteiger partial charge >= 0.3 is 0 Å². The normalized spacial score (nSPS) is 28.4. The van der Waals surface area contributed by atoms with Crippen molar-refractivity contribution in [3.05, 3.63) is 29.3 Å². The lowest BCUT2D eigenvalue weighted by molar-refractivity contribution is -0.125. The van der Waals surface area contributed by atoms with Crippen molar-refractivity contribution in [1.29, 1.82) is 0 Å². The van der Waals surface area contributed by atoms with Crippen LogP contribution in [0.15, 0.2) is 18.2 Å². The highest BCUT2D eigenvalue weighted by molar-refractivity contribution is 6.14. The van der Waals surface area contributed by atoms with E-state index in [4.69, 9.17) is 15.5 Å². The second-order valence-corrected chi connectivity index (χ2v) is 6.30. The molecule has 5 nitrogen and oxygen atoms in total. The highest BCUT2D eigenvalue weighted by atomic mass is 16.6. The van der Waals surface area contributed by atoms with Crippen molar-refractivity contribution in [2.75, 3.05) is 13.2 Å². The monoisotopic (exact) mass is 303 g/mol. The Morgan fingerprint density at radius 3 is 2.86 bits per heavy atom. The van der Waals surface area contributed by atoms with E-state index < -0.39 is 5.92 Å². The standard InChI is InChI=1S/C17H21NO4/c1-10-2-3-13(22-18)8-14(10)16-15(19)7-12(17(16)20)6-11-4-5-21-9-11/h2-3,8,11-12,16H,4-7,9,18H2,1H3. The zero-order valence-corrected chi connectivity index (χ0v) is 12.7. The van der Waals surface area contributed by atoms with Crippen LogP contribution in [0.25, 0.3) is 0 Å². The molecule has 1 aliphatic carbocycles. The van der Waals surface area contributed by atoms with Crippen molar-refractivity contribution in [2.45, 2.75) is 32.1 Å². The van der Waals surface area contributed by atoms with Crippen molar-refractivity contribution in [2.24, 2.45) is 17.7 Å². The molecule has 2 fully saturated rings. The number of ether oxygens (including phenoxy) is 1. The largest absolute Gasteiger partial charge is 0.412 e. The Morgan fingerprint density at radius 2 is 2.18 bits per heavy atom. The first-order valence-corrected chi connectivity index (χ1v) is 7.71. The van der Waals surface area contributed by atoms with Gasteiger partial charge in [0.15, 0.2) is 5.78 Å². The number of hydrogen-bond acceptors (Lipinski definition) is 5. The van der Waals surface area contributed by atoms with Crippen LogP contribution in [-0.4, -0.2) is 24.8 Å². The highest BCUT2D eigenvalue weighted by Gasteiger charge is 2.43. The molecule has 0 amide bonds. The van der Waals surface area contributed by atoms with Gasteiger partial charge in [-0.3, -0.25) is 9.59 Å². The predicted molar refractivity (Wildman–Crippen MR) is 80.4 cm³/mol. The van der Waals surface area contributed by atoms with Crippen molar-refractivity contribution >= 4 is 11.6 Å². The van der Waals surface area contributed by atoms with Crippen LogP contribution < -0.4 is 10.7 Å². The number of Topliss-reactive ketones (excluding diaryl/α,β-unsaturated/α-hetero) is 2. The fourth-order valence-corrected chi connectivity index (χ4v) is 3.56. The van der Waals surface area contributed by atoms with Crippen LogP contribution in [0.3, 0.4) is 0 Å². The molecule has 2 N–H and O–H groups in total. The molecular formula is C17H21NO4. The predicted octanol–water partition coefficient (Wildman–Crippen LogP) is 1.92. The van der Waals surface area contributed by atoms with Gasteiger partial charge in [0.1, 0.15) is 17.5 Å². The number of aryl methyl sites for hydroxylation is 1. The first kappa shape index (κ1) is 15.2. The summed E-state index contributed by atoms with van der Waals surface area (Å²) < 4.78 is 5.36. The van der Waals surface area contributed by atoms with E-state index in [1.54, 1.807) is 12.1 Å². The second kappa shape index (κ2) is 6.18. The molecule has 1 saturated carbocycles. The molecular weight excluding hydrogens is 282 g/mol. The van der Waals surface area contributed by atoms with Gasteiger partial charge in [-0.05, 0) is 48.9 Å². The SMILES string of the molecule is Cc1ccc(ON)cc1C1C(=O)CC(CC2CCOC2)C1=O. The van der Waals surface area contributed by atoms with Crippen LogP contribution >= 0.6 is 0 Å². The smallest absolute Gasteiger partial charge is 0.151 e. The lowest BCUT2D eigenvalue weighted by atomic mass is 9.88. The maximum Gasteiger partial charge on any atom is 0.151 e. The summed E-state index contributed by atoms with van der Waals surface area (Å²) in [6.07, 6.45) is 2.08. The van der Waals surface area contributed by atoms with Gasteiger partial charge in [-0.1, -0.05) is 6.07 Å². The highest BCUT2D eigenvalue weighted by Crippen LogP contribution is 2.38. The molecule has 5 heteroatoms. The quantitative estimate of drug-likeness (QED) is 0.679. The zero-order chi connectivity index (χ0) is 15.7. The maximum absolute atomic E-state index is 12.7. The summed E-state index contributed by atoms with van der Waals surface area (Å²) in [5.74, 6) is 5.26. The Balaban J connectivity index is 1.82. The molecule has 0 bridgehead atoms. The first-order valence-electron chi connectivity index (χ1n) is 7.71. The van der Waals surface area contributed by atoms with E-state index in [1.165, 1.54) is 0 Å². The second-order valence-electron chi connectivity index (χ2n) is 6.30. The lowest BCUT2D eigenvalue weighted by Crippen LogP contribution is -2.18. The van der Waals surface area contributed by atoms with Crippen molar-refractivity contribution in [3.8, 4) is 5.75 Å². The number of nitrogens with two attached hydrogens (primary N) is 1. The molecule has 1 saturated heterocycles. The minimum atomic E-state index is -0.664. The van der Waals surface area contributed by atoms with Gasteiger partial charge in [0.2, 0.25) is 0 Å². The molecule has 1 aliphatic heterocycles. The third-order valence-electron chi connectivity index (χ3n) is 4.80. The molecule has 1 heterocycles. The Bertz CT molecular complexity index is 592. The average molecular weight is 303 g/mol. The minimum absolute atomic E-state index is 0.00573. The van der Waals surface area contributed by atoms with Crippen LogP contribution in [0, 0.1) is 18.8 Å². The summed E-state index contributed by atoms with van der Waals surface area (Å²) in [6.45, 7) is 3.37. The van der Waals surface area contributed by atoms with E-state index in [0.717, 1.165) is 30.6 Å². The molecule has 118 valence electrons. The summed E-state index contributed by atoms with van der Waals surface area (Å²) in [5.41, 5.74) is 1.64. The molecule has 2 aliphatic rings. The van der Waals surface area contributed by atoms with Gasteiger partial charge in [0.05, 0.1) is 0 Å². The molecule has 22 heavy (non-hydrogen) atoms. The average Bonchev–Trinajstić information content (AvgIpc) is 3.10. The lowest BCUT2D eigenvalue weighted by Gasteiger charge is -2.15. The summed E-state index contributed by atoms with van der Waals surface area (Å²) in [4.78, 5) is 29.9. The van der Waals surface area contributed by atoms with Crippen LogP contribution in [0.5, 0.6) is 5.75 Å². The molecule has 3 atom stereocenters. The Hall–Kier alpha value is -1.72. The number of benzene rings is 1. The Kier molecular flexibility index (Phi) is 4.27. The fourth-order valence-electron chi connectivity index (χ4n) is 3.56. The first-order chi connectivity index (χ1) is 10.6. The third kappa shape index (κ3) is 2.78. The van der Waals surface area contributed by atoms with E-state index in [9.17, 15) is 9.59 Å². The van der Waals surface area contributed by atoms with E-state index in [0.29, 0.717) is 24.7 Å². The van der Waals surface area contributed by atoms with Gasteiger partial charge in [0, 0.05) is 25.6 Å². The number of carbonyl (C=O) groups excluding carboxylic acids is 2. The van der Waals surface area contributed by atoms with E-state index >= 15 is 0 Å². The summed E-state index contributed by atoms with van der Waals surface area (Å²) in [7, 11) is 0. The molecule has 0 spiro atoms. The molecule has 0 aromatic heterocycles. The van der Waals surface area contributed by atoms with Crippen molar-refractivity contribution in [3.63, 3.8) is 0 Å². The third-order valence-corrected chi connectivity index (χ3v) is 4.80. The summed E-state index contributed by atoms with van der Waals surface area (Å²) in [6, 6.07) is 5.27. The van der Waals surface area contributed by atoms with Crippen LogP contribution in [0.1, 0.15) is 36.3 Å². The fraction of sp³-hybridized carbons (Fsp3) is 0.529. The molecule has 0 radical (unpaired) electrons. The van der Waals surface area contributed by atoms with E-state index in [1.807, 2.05) is 13.0 Å². The van der Waals surface area contributed by atoms with E-state index in [2.05, 4.69) is 0 Å². The minimum Gasteiger partial charge on any atom is -0.412 e. The van der Waals surface area contributed by atoms with Crippen molar-refractivity contribution in [1.82, 2.24) is 0 Å². The maximum atomic E-state index is 12.7. The number of carbonyl (C=O) groups is 2. The summed E-state index contributed by atoms with van der Waals surface area (Å²) >= 11 is 0.